The van der Waals surface area contributed by atoms with Gasteiger partial charge in [0.15, 0.2) is 0 Å². The Balaban J connectivity index is 3.34. The predicted molar refractivity (Wildman–Crippen MR) is 29.9 cm³/mol. The van der Waals surface area contributed by atoms with Crippen molar-refractivity contribution in [1.82, 2.24) is 5.32 Å². The average molecular weight is 101 g/mol. The van der Waals surface area contributed by atoms with Crippen LogP contribution < -0.4 is 5.32 Å². The third-order valence-electron chi connectivity index (χ3n) is 0.740. The van der Waals surface area contributed by atoms with Crippen LogP contribution >= 0.6 is 0 Å². The van der Waals surface area contributed by atoms with Crippen LogP contribution in [-0.2, 0) is 0 Å². The van der Waals surface area contributed by atoms with Gasteiger partial charge in [0.1, 0.15) is 6.23 Å². The smallest absolute Gasteiger partial charge is 0.126 e. The molecular formula is C5H11NO. The molecule has 0 aromatic carbocycles. The first-order valence-corrected chi connectivity index (χ1v) is 2.19. The number of hydrogen-bond acceptors (Lipinski definition) is 2. The minimum absolute atomic E-state index is 0.542. The second-order valence-corrected chi connectivity index (χ2v) is 1.54. The third-order valence-corrected chi connectivity index (χ3v) is 0.740. The first kappa shape index (κ1) is 6.66. The van der Waals surface area contributed by atoms with Crippen molar-refractivity contribution < 1.29 is 5.11 Å². The Morgan fingerprint density at radius 1 is 1.86 bits per heavy atom. The largest absolute Gasteiger partial charge is 0.375 e. The van der Waals surface area contributed by atoms with E-state index < -0.39 is 6.23 Å². The number of likely N-dealkylation sites (N-methyl/N-ethyl adjacent to an activating group) is 1. The molecule has 0 aliphatic carbocycles. The average Bonchev–Trinajstić information content (AvgIpc) is 1.65. The SMILES string of the molecule is C=C(C)[C@H](O)NC. The number of aliphatic hydroxyl groups is 1. The molecule has 2 N–H and O–H groups in total. The summed E-state index contributed by atoms with van der Waals surface area (Å²) in [5.74, 6) is 0. The highest BCUT2D eigenvalue weighted by Crippen LogP contribution is 1.89. The standard InChI is InChI=1S/C5H11NO/c1-4(2)5(7)6-3/h5-7H,1H2,2-3H3/t5-/m0/s1. The van der Waals surface area contributed by atoms with E-state index in [0.717, 1.165) is 5.57 Å². The van der Waals surface area contributed by atoms with E-state index in [9.17, 15) is 0 Å². The molecule has 42 valence electrons. The lowest BCUT2D eigenvalue weighted by molar-refractivity contribution is 0.183. The normalized spacial score (nSPS) is 13.6. The molecular weight excluding hydrogens is 90.1 g/mol. The van der Waals surface area contributed by atoms with Gasteiger partial charge in [0, 0.05) is 0 Å². The van der Waals surface area contributed by atoms with E-state index in [1.165, 1.54) is 0 Å². The molecule has 0 spiro atoms. The molecule has 0 aliphatic heterocycles. The monoisotopic (exact) mass is 101 g/mol. The fourth-order valence-electron chi connectivity index (χ4n) is 0.246. The zero-order valence-corrected chi connectivity index (χ0v) is 4.73. The van der Waals surface area contributed by atoms with Gasteiger partial charge in [-0.3, -0.25) is 5.32 Å². The Bertz CT molecular complexity index is 70.5. The zero-order valence-electron chi connectivity index (χ0n) is 4.73. The van der Waals surface area contributed by atoms with Crippen LogP contribution in [-0.4, -0.2) is 18.4 Å². The van der Waals surface area contributed by atoms with Crippen LogP contribution in [0.5, 0.6) is 0 Å². The van der Waals surface area contributed by atoms with Crippen molar-refractivity contribution in [3.05, 3.63) is 12.2 Å². The van der Waals surface area contributed by atoms with Gasteiger partial charge in [0.05, 0.1) is 0 Å². The van der Waals surface area contributed by atoms with Crippen LogP contribution in [0.1, 0.15) is 6.92 Å². The van der Waals surface area contributed by atoms with Gasteiger partial charge < -0.3 is 5.11 Å². The second-order valence-electron chi connectivity index (χ2n) is 1.54. The lowest BCUT2D eigenvalue weighted by atomic mass is 10.3. The van der Waals surface area contributed by atoms with Crippen LogP contribution in [0.25, 0.3) is 0 Å². The van der Waals surface area contributed by atoms with Gasteiger partial charge in [-0.25, -0.2) is 0 Å². The molecule has 0 bridgehead atoms. The molecule has 1 atom stereocenters. The summed E-state index contributed by atoms with van der Waals surface area (Å²) in [6.45, 7) is 5.28. The number of nitrogens with one attached hydrogen (secondary N) is 1. The van der Waals surface area contributed by atoms with E-state index in [1.807, 2.05) is 0 Å². The lowest BCUT2D eigenvalue weighted by Crippen LogP contribution is -2.24. The Kier molecular flexibility index (Phi) is 2.64. The van der Waals surface area contributed by atoms with Crippen molar-refractivity contribution in [1.29, 1.82) is 0 Å². The number of hydrogen-bond donors (Lipinski definition) is 2. The summed E-state index contributed by atoms with van der Waals surface area (Å²) in [5.41, 5.74) is 0.738. The van der Waals surface area contributed by atoms with Crippen LogP contribution in [0, 0.1) is 0 Å². The van der Waals surface area contributed by atoms with E-state index in [-0.39, 0.29) is 0 Å². The molecule has 0 rings (SSSR count). The maximum absolute atomic E-state index is 8.72. The Labute approximate surface area is 43.9 Å². The van der Waals surface area contributed by atoms with Crippen molar-refractivity contribution in [3.8, 4) is 0 Å². The molecule has 0 heterocycles. The quantitative estimate of drug-likeness (QED) is 0.382. The Morgan fingerprint density at radius 3 is 2.29 bits per heavy atom. The fourth-order valence-corrected chi connectivity index (χ4v) is 0.246. The molecule has 0 unspecified atom stereocenters. The van der Waals surface area contributed by atoms with Crippen LogP contribution in [0.15, 0.2) is 12.2 Å². The van der Waals surface area contributed by atoms with E-state index in [4.69, 9.17) is 5.11 Å². The van der Waals surface area contributed by atoms with Gasteiger partial charge in [-0.05, 0) is 19.5 Å². The Hall–Kier alpha value is -0.340. The molecule has 0 fully saturated rings. The minimum atomic E-state index is -0.542. The third kappa shape index (κ3) is 2.37. The fraction of sp³-hybridized carbons (Fsp3) is 0.600. The summed E-state index contributed by atoms with van der Waals surface area (Å²) < 4.78 is 0. The second kappa shape index (κ2) is 2.77. The van der Waals surface area contributed by atoms with Gasteiger partial charge in [-0.1, -0.05) is 6.58 Å². The molecule has 0 aromatic heterocycles. The molecule has 2 nitrogen and oxygen atoms in total. The molecule has 0 aliphatic rings. The van der Waals surface area contributed by atoms with E-state index in [2.05, 4.69) is 11.9 Å². The molecule has 7 heavy (non-hydrogen) atoms. The summed E-state index contributed by atoms with van der Waals surface area (Å²) >= 11 is 0. The van der Waals surface area contributed by atoms with Gasteiger partial charge in [0.25, 0.3) is 0 Å². The highest BCUT2D eigenvalue weighted by atomic mass is 16.3. The van der Waals surface area contributed by atoms with Crippen molar-refractivity contribution in [2.75, 3.05) is 7.05 Å². The van der Waals surface area contributed by atoms with Gasteiger partial charge in [-0.15, -0.1) is 0 Å². The summed E-state index contributed by atoms with van der Waals surface area (Å²) in [6, 6.07) is 0. The lowest BCUT2D eigenvalue weighted by Gasteiger charge is -2.05. The minimum Gasteiger partial charge on any atom is -0.375 e. The van der Waals surface area contributed by atoms with Gasteiger partial charge >= 0.3 is 0 Å². The van der Waals surface area contributed by atoms with Crippen molar-refractivity contribution in [3.63, 3.8) is 0 Å². The highest BCUT2D eigenvalue weighted by molar-refractivity contribution is 4.93. The zero-order chi connectivity index (χ0) is 5.86. The molecule has 0 aromatic rings. The first-order chi connectivity index (χ1) is 3.18. The van der Waals surface area contributed by atoms with Crippen molar-refractivity contribution in [2.45, 2.75) is 13.2 Å². The maximum atomic E-state index is 8.72. The van der Waals surface area contributed by atoms with Crippen molar-refractivity contribution >= 4 is 0 Å². The molecule has 0 saturated heterocycles. The van der Waals surface area contributed by atoms with E-state index in [0.29, 0.717) is 0 Å². The number of aliphatic hydroxyl groups excluding tert-OH is 1. The van der Waals surface area contributed by atoms with Crippen molar-refractivity contribution in [2.24, 2.45) is 0 Å². The maximum Gasteiger partial charge on any atom is 0.126 e. The molecule has 0 amide bonds. The van der Waals surface area contributed by atoms with Gasteiger partial charge in [0.2, 0.25) is 0 Å². The summed E-state index contributed by atoms with van der Waals surface area (Å²) in [7, 11) is 1.68. The summed E-state index contributed by atoms with van der Waals surface area (Å²) in [4.78, 5) is 0. The predicted octanol–water partition coefficient (Wildman–Crippen LogP) is 0.100. The van der Waals surface area contributed by atoms with E-state index in [1.54, 1.807) is 14.0 Å². The van der Waals surface area contributed by atoms with E-state index >= 15 is 0 Å². The highest BCUT2D eigenvalue weighted by Gasteiger charge is 1.95. The summed E-state index contributed by atoms with van der Waals surface area (Å²) in [5, 5.41) is 11.3. The first-order valence-electron chi connectivity index (χ1n) is 2.19. The topological polar surface area (TPSA) is 32.3 Å². The number of rotatable bonds is 2. The van der Waals surface area contributed by atoms with Crippen LogP contribution in [0.3, 0.4) is 0 Å². The van der Waals surface area contributed by atoms with Crippen LogP contribution in [0.4, 0.5) is 0 Å². The summed E-state index contributed by atoms with van der Waals surface area (Å²) in [6.07, 6.45) is -0.542. The molecule has 0 saturated carbocycles. The van der Waals surface area contributed by atoms with Crippen LogP contribution in [0.2, 0.25) is 0 Å². The molecule has 0 radical (unpaired) electrons. The Morgan fingerprint density at radius 2 is 2.29 bits per heavy atom. The molecule has 2 heteroatoms. The van der Waals surface area contributed by atoms with Gasteiger partial charge in [-0.2, -0.15) is 0 Å².